The molecule has 1 unspecified atom stereocenters. The van der Waals surface area contributed by atoms with Gasteiger partial charge >= 0.3 is 0 Å². The number of hydrogen-bond donors (Lipinski definition) is 1. The molecular weight excluding hydrogens is 264 g/mol. The summed E-state index contributed by atoms with van der Waals surface area (Å²) < 4.78 is 0. The van der Waals surface area contributed by atoms with E-state index in [4.69, 9.17) is 0 Å². The standard InChI is InChI=1S/C17H24N2O2/c1-3-8-14(9-4-2)17(21)19-15(12-16(20)18-19)13-10-6-5-7-11-13/h5-7,10-11,14-15H,3-4,8-9,12H2,1-2H3,(H,18,20). The molecule has 1 aliphatic heterocycles. The van der Waals surface area contributed by atoms with E-state index < -0.39 is 0 Å². The number of hydrazine groups is 1. The van der Waals surface area contributed by atoms with Crippen molar-refractivity contribution in [3.63, 3.8) is 0 Å². The first kappa shape index (κ1) is 15.5. The molecule has 1 N–H and O–H groups in total. The van der Waals surface area contributed by atoms with Gasteiger partial charge in [-0.1, -0.05) is 57.0 Å². The number of benzene rings is 1. The van der Waals surface area contributed by atoms with Gasteiger partial charge in [0.25, 0.3) is 0 Å². The van der Waals surface area contributed by atoms with Gasteiger partial charge in [0.1, 0.15) is 0 Å². The van der Waals surface area contributed by atoms with Crippen molar-refractivity contribution in [3.8, 4) is 0 Å². The molecular formula is C17H24N2O2. The maximum atomic E-state index is 12.8. The molecule has 1 saturated heterocycles. The molecule has 2 rings (SSSR count). The minimum absolute atomic E-state index is 0.00427. The molecule has 0 saturated carbocycles. The zero-order valence-electron chi connectivity index (χ0n) is 12.8. The molecule has 1 atom stereocenters. The Kier molecular flexibility index (Phi) is 5.37. The molecule has 0 aliphatic carbocycles. The van der Waals surface area contributed by atoms with Crippen LogP contribution in [-0.2, 0) is 9.59 Å². The lowest BCUT2D eigenvalue weighted by Crippen LogP contribution is -2.43. The van der Waals surface area contributed by atoms with Gasteiger partial charge in [-0.05, 0) is 18.4 Å². The fourth-order valence-corrected chi connectivity index (χ4v) is 2.96. The molecule has 114 valence electrons. The van der Waals surface area contributed by atoms with Crippen LogP contribution in [0.3, 0.4) is 0 Å². The Morgan fingerprint density at radius 1 is 1.24 bits per heavy atom. The third kappa shape index (κ3) is 3.63. The zero-order chi connectivity index (χ0) is 15.2. The molecule has 4 heteroatoms. The van der Waals surface area contributed by atoms with E-state index in [2.05, 4.69) is 19.3 Å². The minimum atomic E-state index is -0.178. The summed E-state index contributed by atoms with van der Waals surface area (Å²) in [4.78, 5) is 24.5. The van der Waals surface area contributed by atoms with Gasteiger partial charge in [0.05, 0.1) is 12.5 Å². The first-order chi connectivity index (χ1) is 10.2. The molecule has 1 aliphatic rings. The van der Waals surface area contributed by atoms with E-state index in [1.807, 2.05) is 30.3 Å². The summed E-state index contributed by atoms with van der Waals surface area (Å²) in [5.74, 6) is -0.0213. The summed E-state index contributed by atoms with van der Waals surface area (Å²) in [7, 11) is 0. The van der Waals surface area contributed by atoms with Crippen molar-refractivity contribution < 1.29 is 9.59 Å². The number of amides is 2. The average molecular weight is 288 g/mol. The zero-order valence-corrected chi connectivity index (χ0v) is 12.8. The van der Waals surface area contributed by atoms with Gasteiger partial charge in [0.15, 0.2) is 0 Å². The molecule has 21 heavy (non-hydrogen) atoms. The van der Waals surface area contributed by atoms with Crippen molar-refractivity contribution in [2.24, 2.45) is 5.92 Å². The van der Waals surface area contributed by atoms with Crippen LogP contribution in [0, 0.1) is 5.92 Å². The SMILES string of the molecule is CCCC(CCC)C(=O)N1NC(=O)CC1c1ccccc1. The number of carbonyl (C=O) groups excluding carboxylic acids is 2. The van der Waals surface area contributed by atoms with Crippen molar-refractivity contribution in [2.75, 3.05) is 0 Å². The molecule has 1 aromatic carbocycles. The number of hydrogen-bond acceptors (Lipinski definition) is 2. The Hall–Kier alpha value is -1.84. The maximum absolute atomic E-state index is 12.8. The normalized spacial score (nSPS) is 18.1. The molecule has 2 amide bonds. The smallest absolute Gasteiger partial charge is 0.244 e. The van der Waals surface area contributed by atoms with Gasteiger partial charge in [-0.3, -0.25) is 15.0 Å². The van der Waals surface area contributed by atoms with Crippen LogP contribution < -0.4 is 5.43 Å². The number of rotatable bonds is 6. The van der Waals surface area contributed by atoms with E-state index in [-0.39, 0.29) is 23.8 Å². The molecule has 0 spiro atoms. The fraction of sp³-hybridized carbons (Fsp3) is 0.529. The molecule has 1 fully saturated rings. The van der Waals surface area contributed by atoms with Crippen LogP contribution in [-0.4, -0.2) is 16.8 Å². The maximum Gasteiger partial charge on any atom is 0.244 e. The number of nitrogens with zero attached hydrogens (tertiary/aromatic N) is 1. The van der Waals surface area contributed by atoms with Crippen molar-refractivity contribution in [1.29, 1.82) is 0 Å². The first-order valence-corrected chi connectivity index (χ1v) is 7.84. The highest BCUT2D eigenvalue weighted by Crippen LogP contribution is 2.30. The van der Waals surface area contributed by atoms with Crippen molar-refractivity contribution >= 4 is 11.8 Å². The molecule has 1 heterocycles. The molecule has 1 aromatic rings. The van der Waals surface area contributed by atoms with E-state index in [0.29, 0.717) is 6.42 Å². The topological polar surface area (TPSA) is 49.4 Å². The van der Waals surface area contributed by atoms with Gasteiger partial charge < -0.3 is 0 Å². The Bertz CT molecular complexity index is 481. The lowest BCUT2D eigenvalue weighted by Gasteiger charge is -2.27. The van der Waals surface area contributed by atoms with Crippen molar-refractivity contribution in [3.05, 3.63) is 35.9 Å². The quantitative estimate of drug-likeness (QED) is 0.874. The van der Waals surface area contributed by atoms with Gasteiger partial charge in [-0.25, -0.2) is 5.01 Å². The Morgan fingerprint density at radius 3 is 2.43 bits per heavy atom. The molecule has 4 nitrogen and oxygen atoms in total. The van der Waals surface area contributed by atoms with Crippen molar-refractivity contribution in [2.45, 2.75) is 52.0 Å². The predicted octanol–water partition coefficient (Wildman–Crippen LogP) is 3.21. The number of nitrogens with one attached hydrogen (secondary N) is 1. The summed E-state index contributed by atoms with van der Waals surface area (Å²) in [6, 6.07) is 9.59. The second-order valence-electron chi connectivity index (χ2n) is 5.65. The summed E-state index contributed by atoms with van der Waals surface area (Å²) in [6.07, 6.45) is 4.06. The van der Waals surface area contributed by atoms with E-state index in [9.17, 15) is 9.59 Å². The van der Waals surface area contributed by atoms with Crippen LogP contribution in [0.4, 0.5) is 0 Å². The molecule has 0 radical (unpaired) electrons. The van der Waals surface area contributed by atoms with Crippen LogP contribution in [0.1, 0.15) is 57.6 Å². The second-order valence-corrected chi connectivity index (χ2v) is 5.65. The summed E-state index contributed by atoms with van der Waals surface area (Å²) >= 11 is 0. The van der Waals surface area contributed by atoms with E-state index in [1.54, 1.807) is 5.01 Å². The largest absolute Gasteiger partial charge is 0.273 e. The van der Waals surface area contributed by atoms with E-state index in [1.165, 1.54) is 0 Å². The lowest BCUT2D eigenvalue weighted by atomic mass is 9.95. The Balaban J connectivity index is 2.19. The highest BCUT2D eigenvalue weighted by molar-refractivity contribution is 5.87. The van der Waals surface area contributed by atoms with Crippen LogP contribution in [0.5, 0.6) is 0 Å². The monoisotopic (exact) mass is 288 g/mol. The van der Waals surface area contributed by atoms with Gasteiger partial charge in [-0.2, -0.15) is 0 Å². The Morgan fingerprint density at radius 2 is 1.86 bits per heavy atom. The van der Waals surface area contributed by atoms with Crippen LogP contribution in [0.25, 0.3) is 0 Å². The third-order valence-corrected chi connectivity index (χ3v) is 3.98. The predicted molar refractivity (Wildman–Crippen MR) is 82.1 cm³/mol. The van der Waals surface area contributed by atoms with Crippen LogP contribution >= 0.6 is 0 Å². The van der Waals surface area contributed by atoms with Crippen LogP contribution in [0.2, 0.25) is 0 Å². The fourth-order valence-electron chi connectivity index (χ4n) is 2.96. The van der Waals surface area contributed by atoms with Gasteiger partial charge in [0.2, 0.25) is 11.8 Å². The highest BCUT2D eigenvalue weighted by Gasteiger charge is 2.37. The average Bonchev–Trinajstić information content (AvgIpc) is 2.89. The Labute approximate surface area is 126 Å². The third-order valence-electron chi connectivity index (χ3n) is 3.98. The first-order valence-electron chi connectivity index (χ1n) is 7.84. The van der Waals surface area contributed by atoms with Gasteiger partial charge in [-0.15, -0.1) is 0 Å². The van der Waals surface area contributed by atoms with E-state index in [0.717, 1.165) is 31.2 Å². The van der Waals surface area contributed by atoms with Crippen molar-refractivity contribution in [1.82, 2.24) is 10.4 Å². The van der Waals surface area contributed by atoms with Crippen LogP contribution in [0.15, 0.2) is 30.3 Å². The van der Waals surface area contributed by atoms with E-state index >= 15 is 0 Å². The highest BCUT2D eigenvalue weighted by atomic mass is 16.2. The molecule has 0 aromatic heterocycles. The minimum Gasteiger partial charge on any atom is -0.273 e. The number of carbonyl (C=O) groups is 2. The summed E-state index contributed by atoms with van der Waals surface area (Å²) in [5.41, 5.74) is 3.75. The summed E-state index contributed by atoms with van der Waals surface area (Å²) in [6.45, 7) is 4.18. The second kappa shape index (κ2) is 7.25. The van der Waals surface area contributed by atoms with Gasteiger partial charge in [0, 0.05) is 5.92 Å². The summed E-state index contributed by atoms with van der Waals surface area (Å²) in [5, 5.41) is 1.56. The lowest BCUT2D eigenvalue weighted by molar-refractivity contribution is -0.142. The molecule has 0 bridgehead atoms.